The van der Waals surface area contributed by atoms with Crippen LogP contribution in [0.5, 0.6) is 0 Å². The Morgan fingerprint density at radius 2 is 1.62 bits per heavy atom. The highest BCUT2D eigenvalue weighted by Crippen LogP contribution is 2.16. The Bertz CT molecular complexity index is 437. The average Bonchev–Trinajstić information content (AvgIpc) is 2.62. The lowest BCUT2D eigenvalue weighted by atomic mass is 10.2. The minimum absolute atomic E-state index is 0.0413. The van der Waals surface area contributed by atoms with Crippen molar-refractivity contribution in [1.82, 2.24) is 0 Å². The van der Waals surface area contributed by atoms with E-state index in [9.17, 15) is 0 Å². The van der Waals surface area contributed by atoms with Crippen LogP contribution in [0.3, 0.4) is 0 Å². The van der Waals surface area contributed by atoms with Gasteiger partial charge in [0.05, 0.1) is 46.2 Å². The van der Waals surface area contributed by atoms with E-state index in [1.165, 1.54) is 6.42 Å². The molecule has 1 heterocycles. The predicted molar refractivity (Wildman–Crippen MR) is 95.0 cm³/mol. The summed E-state index contributed by atoms with van der Waals surface area (Å²) >= 11 is 3.50. The van der Waals surface area contributed by atoms with Crippen molar-refractivity contribution >= 4 is 15.9 Å². The molecule has 1 atom stereocenters. The van der Waals surface area contributed by atoms with Crippen molar-refractivity contribution in [1.29, 1.82) is 0 Å². The van der Waals surface area contributed by atoms with Gasteiger partial charge in [0.1, 0.15) is 0 Å². The molecule has 1 aliphatic rings. The van der Waals surface area contributed by atoms with Crippen molar-refractivity contribution in [3.63, 3.8) is 0 Å². The normalized spacial score (nSPS) is 18.0. The molecule has 0 radical (unpaired) electrons. The minimum atomic E-state index is -0.0413. The van der Waals surface area contributed by atoms with Gasteiger partial charge in [-0.25, -0.2) is 0 Å². The van der Waals surface area contributed by atoms with Gasteiger partial charge in [-0.05, 0) is 30.9 Å². The molecule has 0 bridgehead atoms. The molecule has 0 N–H and O–H groups in total. The molecule has 0 spiro atoms. The molecule has 24 heavy (non-hydrogen) atoms. The first-order valence-corrected chi connectivity index (χ1v) is 9.35. The molecule has 1 aromatic rings. The second kappa shape index (κ2) is 12.8. The zero-order valence-corrected chi connectivity index (χ0v) is 15.7. The van der Waals surface area contributed by atoms with Crippen molar-refractivity contribution in [2.45, 2.75) is 32.2 Å². The van der Waals surface area contributed by atoms with E-state index >= 15 is 0 Å². The molecule has 2 rings (SSSR count). The summed E-state index contributed by atoms with van der Waals surface area (Å²) in [6, 6.07) is 8.04. The maximum absolute atomic E-state index is 5.58. The van der Waals surface area contributed by atoms with Crippen LogP contribution in [0.4, 0.5) is 0 Å². The van der Waals surface area contributed by atoms with Crippen molar-refractivity contribution in [3.05, 3.63) is 34.3 Å². The summed E-state index contributed by atoms with van der Waals surface area (Å²) < 4.78 is 28.7. The van der Waals surface area contributed by atoms with E-state index < -0.39 is 0 Å². The third-order valence-corrected chi connectivity index (χ3v) is 4.40. The lowest BCUT2D eigenvalue weighted by Crippen LogP contribution is -2.24. The monoisotopic (exact) mass is 402 g/mol. The van der Waals surface area contributed by atoms with Crippen molar-refractivity contribution in [3.8, 4) is 0 Å². The van der Waals surface area contributed by atoms with E-state index in [-0.39, 0.29) is 6.29 Å². The standard InChI is InChI=1S/C18H27BrO5/c19-17-6-2-1-5-16(17)15-22-12-11-20-9-10-21-13-14-24-18-7-3-4-8-23-18/h1-2,5-6,18H,3-4,7-15H2. The molecular formula is C18H27BrO5. The molecule has 5 nitrogen and oxygen atoms in total. The van der Waals surface area contributed by atoms with Gasteiger partial charge >= 0.3 is 0 Å². The van der Waals surface area contributed by atoms with Crippen LogP contribution in [0.25, 0.3) is 0 Å². The van der Waals surface area contributed by atoms with E-state index in [1.807, 2.05) is 24.3 Å². The second-order valence-electron chi connectivity index (χ2n) is 5.54. The lowest BCUT2D eigenvalue weighted by molar-refractivity contribution is -0.169. The highest BCUT2D eigenvalue weighted by Gasteiger charge is 2.13. The van der Waals surface area contributed by atoms with Crippen LogP contribution in [0.15, 0.2) is 28.7 Å². The predicted octanol–water partition coefficient (Wildman–Crippen LogP) is 3.54. The molecular weight excluding hydrogens is 376 g/mol. The number of hydrogen-bond donors (Lipinski definition) is 0. The Hall–Kier alpha value is -0.500. The third-order valence-electron chi connectivity index (χ3n) is 3.63. The summed E-state index contributed by atoms with van der Waals surface area (Å²) in [5.74, 6) is 0. The fourth-order valence-electron chi connectivity index (χ4n) is 2.32. The molecule has 0 saturated carbocycles. The van der Waals surface area contributed by atoms with Crippen LogP contribution >= 0.6 is 15.9 Å². The minimum Gasteiger partial charge on any atom is -0.377 e. The fraction of sp³-hybridized carbons (Fsp3) is 0.667. The first-order chi connectivity index (χ1) is 11.9. The summed E-state index contributed by atoms with van der Waals surface area (Å²) in [5, 5.41) is 0. The van der Waals surface area contributed by atoms with Gasteiger partial charge in [-0.1, -0.05) is 34.1 Å². The summed E-state index contributed by atoms with van der Waals surface area (Å²) in [6.45, 7) is 4.81. The zero-order chi connectivity index (χ0) is 16.9. The Morgan fingerprint density at radius 1 is 0.917 bits per heavy atom. The van der Waals surface area contributed by atoms with E-state index in [0.717, 1.165) is 29.5 Å². The maximum Gasteiger partial charge on any atom is 0.157 e. The molecule has 1 fully saturated rings. The van der Waals surface area contributed by atoms with Gasteiger partial charge < -0.3 is 23.7 Å². The molecule has 6 heteroatoms. The van der Waals surface area contributed by atoms with Gasteiger partial charge in [-0.3, -0.25) is 0 Å². The summed E-state index contributed by atoms with van der Waals surface area (Å²) in [4.78, 5) is 0. The molecule has 1 aliphatic heterocycles. The van der Waals surface area contributed by atoms with Gasteiger partial charge in [-0.15, -0.1) is 0 Å². The Balaban J connectivity index is 1.33. The summed E-state index contributed by atoms with van der Waals surface area (Å²) in [7, 11) is 0. The van der Waals surface area contributed by atoms with Crippen LogP contribution < -0.4 is 0 Å². The number of hydrogen-bond acceptors (Lipinski definition) is 5. The van der Waals surface area contributed by atoms with E-state index in [1.54, 1.807) is 0 Å². The van der Waals surface area contributed by atoms with Crippen molar-refractivity contribution in [2.75, 3.05) is 46.2 Å². The van der Waals surface area contributed by atoms with E-state index in [2.05, 4.69) is 15.9 Å². The fourth-order valence-corrected chi connectivity index (χ4v) is 2.72. The molecule has 1 aromatic carbocycles. The number of ether oxygens (including phenoxy) is 5. The molecule has 136 valence electrons. The largest absolute Gasteiger partial charge is 0.377 e. The van der Waals surface area contributed by atoms with Crippen LogP contribution in [0.1, 0.15) is 24.8 Å². The van der Waals surface area contributed by atoms with E-state index in [4.69, 9.17) is 23.7 Å². The SMILES string of the molecule is Brc1ccccc1COCCOCCOCCOC1CCCCO1. The van der Waals surface area contributed by atoms with Gasteiger partial charge in [0.2, 0.25) is 0 Å². The molecule has 1 unspecified atom stereocenters. The second-order valence-corrected chi connectivity index (χ2v) is 6.39. The first-order valence-electron chi connectivity index (χ1n) is 8.56. The zero-order valence-electron chi connectivity index (χ0n) is 14.1. The third kappa shape index (κ3) is 8.55. The highest BCUT2D eigenvalue weighted by atomic mass is 79.9. The Morgan fingerprint density at radius 3 is 2.33 bits per heavy atom. The number of benzene rings is 1. The Labute approximate surface area is 152 Å². The summed E-state index contributed by atoms with van der Waals surface area (Å²) in [5.41, 5.74) is 1.14. The lowest BCUT2D eigenvalue weighted by Gasteiger charge is -2.22. The van der Waals surface area contributed by atoms with Crippen LogP contribution in [0.2, 0.25) is 0 Å². The van der Waals surface area contributed by atoms with Gasteiger partial charge in [-0.2, -0.15) is 0 Å². The summed E-state index contributed by atoms with van der Waals surface area (Å²) in [6.07, 6.45) is 3.27. The smallest absolute Gasteiger partial charge is 0.157 e. The Kier molecular flexibility index (Phi) is 10.6. The first kappa shape index (κ1) is 19.8. The maximum atomic E-state index is 5.58. The van der Waals surface area contributed by atoms with Crippen LogP contribution in [0, 0.1) is 0 Å². The van der Waals surface area contributed by atoms with Crippen LogP contribution in [-0.4, -0.2) is 52.5 Å². The quantitative estimate of drug-likeness (QED) is 0.500. The van der Waals surface area contributed by atoms with Crippen molar-refractivity contribution in [2.24, 2.45) is 0 Å². The highest BCUT2D eigenvalue weighted by molar-refractivity contribution is 9.10. The van der Waals surface area contributed by atoms with Crippen molar-refractivity contribution < 1.29 is 23.7 Å². The van der Waals surface area contributed by atoms with Gasteiger partial charge in [0.25, 0.3) is 0 Å². The van der Waals surface area contributed by atoms with Gasteiger partial charge in [0.15, 0.2) is 6.29 Å². The van der Waals surface area contributed by atoms with E-state index in [0.29, 0.717) is 46.2 Å². The van der Waals surface area contributed by atoms with Gasteiger partial charge in [0, 0.05) is 11.1 Å². The molecule has 0 aromatic heterocycles. The number of rotatable bonds is 12. The molecule has 0 amide bonds. The average molecular weight is 403 g/mol. The number of halogens is 1. The topological polar surface area (TPSA) is 46.2 Å². The van der Waals surface area contributed by atoms with Crippen LogP contribution in [-0.2, 0) is 30.3 Å². The molecule has 1 saturated heterocycles. The molecule has 0 aliphatic carbocycles.